The van der Waals surface area contributed by atoms with Gasteiger partial charge in [0.25, 0.3) is 0 Å². The number of allylic oxidation sites excluding steroid dienone is 6. The van der Waals surface area contributed by atoms with E-state index in [1.807, 2.05) is 13.8 Å². The molecule has 3 nitrogen and oxygen atoms in total. The predicted molar refractivity (Wildman–Crippen MR) is 131 cm³/mol. The molecule has 0 bridgehead atoms. The normalized spacial score (nSPS) is 21.5. The molecule has 1 heterocycles. The smallest absolute Gasteiger partial charge is 0.129 e. The molecule has 0 fully saturated rings. The molecule has 1 aliphatic heterocycles. The fraction of sp³-hybridized carbons (Fsp3) is 0.571. The molecular formula is C28H42O3. The standard InChI is InChI=1S/C28H42O3/c1-19(2)11-8-12-20(3)13-9-14-21(4)15-10-16-28(7)18-26(30)24-17-25(29)22(5)23(6)27(24)31-28/h11,13,15,17,26,29-30H,8-10,12,14,16,18H2,1-7H3/b20-13+,21-15+. The van der Waals surface area contributed by atoms with Gasteiger partial charge in [-0.05, 0) is 104 Å². The van der Waals surface area contributed by atoms with Crippen molar-refractivity contribution in [3.63, 3.8) is 0 Å². The third-order valence-electron chi connectivity index (χ3n) is 6.46. The summed E-state index contributed by atoms with van der Waals surface area (Å²) in [5.74, 6) is 0.966. The van der Waals surface area contributed by atoms with Crippen molar-refractivity contribution in [1.29, 1.82) is 0 Å². The van der Waals surface area contributed by atoms with Crippen molar-refractivity contribution >= 4 is 0 Å². The predicted octanol–water partition coefficient (Wildman–Crippen LogP) is 7.78. The maximum absolute atomic E-state index is 10.7. The molecule has 172 valence electrons. The van der Waals surface area contributed by atoms with Crippen LogP contribution < -0.4 is 4.74 Å². The molecule has 0 radical (unpaired) electrons. The Balaban J connectivity index is 1.89. The summed E-state index contributed by atoms with van der Waals surface area (Å²) in [4.78, 5) is 0. The second kappa shape index (κ2) is 11.0. The number of fused-ring (bicyclic) bond motifs is 1. The Morgan fingerprint density at radius 3 is 2.19 bits per heavy atom. The van der Waals surface area contributed by atoms with E-state index < -0.39 is 11.7 Å². The molecule has 2 atom stereocenters. The zero-order valence-electron chi connectivity index (χ0n) is 20.6. The Hall–Kier alpha value is -2.00. The van der Waals surface area contributed by atoms with E-state index in [0.717, 1.165) is 55.4 Å². The maximum atomic E-state index is 10.7. The van der Waals surface area contributed by atoms with Gasteiger partial charge in [0.1, 0.15) is 17.1 Å². The minimum absolute atomic E-state index is 0.224. The molecule has 2 N–H and O–H groups in total. The van der Waals surface area contributed by atoms with Crippen LogP contribution in [0.3, 0.4) is 0 Å². The van der Waals surface area contributed by atoms with Crippen molar-refractivity contribution in [2.24, 2.45) is 0 Å². The highest BCUT2D eigenvalue weighted by atomic mass is 16.5. The Labute approximate surface area is 189 Å². The van der Waals surface area contributed by atoms with Crippen LogP contribution in [0, 0.1) is 13.8 Å². The van der Waals surface area contributed by atoms with Crippen LogP contribution in [0.1, 0.15) is 102 Å². The van der Waals surface area contributed by atoms with Gasteiger partial charge in [-0.15, -0.1) is 0 Å². The van der Waals surface area contributed by atoms with Crippen molar-refractivity contribution in [3.05, 3.63) is 57.7 Å². The fourth-order valence-electron chi connectivity index (χ4n) is 4.21. The van der Waals surface area contributed by atoms with E-state index in [2.05, 4.69) is 52.8 Å². The first-order chi connectivity index (χ1) is 14.5. The largest absolute Gasteiger partial charge is 0.508 e. The summed E-state index contributed by atoms with van der Waals surface area (Å²) in [6.07, 6.45) is 13.2. The lowest BCUT2D eigenvalue weighted by molar-refractivity contribution is -0.00716. The Morgan fingerprint density at radius 1 is 1.00 bits per heavy atom. The van der Waals surface area contributed by atoms with Crippen LogP contribution in [-0.4, -0.2) is 15.8 Å². The summed E-state index contributed by atoms with van der Waals surface area (Å²) >= 11 is 0. The molecule has 0 aliphatic carbocycles. The molecule has 31 heavy (non-hydrogen) atoms. The first-order valence-corrected chi connectivity index (χ1v) is 11.7. The highest BCUT2D eigenvalue weighted by molar-refractivity contribution is 5.54. The van der Waals surface area contributed by atoms with Crippen molar-refractivity contribution in [1.82, 2.24) is 0 Å². The van der Waals surface area contributed by atoms with Crippen LogP contribution in [0.15, 0.2) is 41.0 Å². The number of aliphatic hydroxyl groups excluding tert-OH is 1. The van der Waals surface area contributed by atoms with E-state index in [1.54, 1.807) is 6.07 Å². The quantitative estimate of drug-likeness (QED) is 0.396. The fourth-order valence-corrected chi connectivity index (χ4v) is 4.21. The van der Waals surface area contributed by atoms with E-state index in [0.29, 0.717) is 12.0 Å². The molecule has 3 heteroatoms. The molecule has 0 aromatic heterocycles. The van der Waals surface area contributed by atoms with E-state index in [9.17, 15) is 10.2 Å². The first kappa shape index (κ1) is 25.3. The van der Waals surface area contributed by atoms with Gasteiger partial charge >= 0.3 is 0 Å². The van der Waals surface area contributed by atoms with Gasteiger partial charge in [0.05, 0.1) is 6.10 Å². The van der Waals surface area contributed by atoms with E-state index in [-0.39, 0.29) is 5.75 Å². The molecule has 0 amide bonds. The van der Waals surface area contributed by atoms with Crippen LogP contribution in [-0.2, 0) is 0 Å². The highest BCUT2D eigenvalue weighted by Gasteiger charge is 2.37. The minimum atomic E-state index is -0.608. The summed E-state index contributed by atoms with van der Waals surface area (Å²) in [5.41, 5.74) is 6.30. The number of phenolic OH excluding ortho intramolecular Hbond substituents is 1. The van der Waals surface area contributed by atoms with Gasteiger partial charge in [0, 0.05) is 12.0 Å². The SMILES string of the molecule is CC(C)=CCC/C(C)=C/CC/C(C)=C/CCC1(C)CC(O)c2cc(O)c(C)c(C)c2O1. The van der Waals surface area contributed by atoms with Crippen LogP contribution in [0.2, 0.25) is 0 Å². The van der Waals surface area contributed by atoms with Gasteiger partial charge in [0.2, 0.25) is 0 Å². The number of ether oxygens (including phenoxy) is 1. The van der Waals surface area contributed by atoms with Crippen molar-refractivity contribution in [2.75, 3.05) is 0 Å². The van der Waals surface area contributed by atoms with Crippen molar-refractivity contribution in [2.45, 2.75) is 105 Å². The summed E-state index contributed by atoms with van der Waals surface area (Å²) in [7, 11) is 0. The molecule has 1 aliphatic rings. The Morgan fingerprint density at radius 2 is 1.58 bits per heavy atom. The molecule has 1 aromatic carbocycles. The average Bonchev–Trinajstić information content (AvgIpc) is 2.67. The van der Waals surface area contributed by atoms with Crippen molar-refractivity contribution < 1.29 is 14.9 Å². The first-order valence-electron chi connectivity index (χ1n) is 11.7. The highest BCUT2D eigenvalue weighted by Crippen LogP contribution is 2.46. The number of hydrogen-bond acceptors (Lipinski definition) is 3. The minimum Gasteiger partial charge on any atom is -0.508 e. The maximum Gasteiger partial charge on any atom is 0.129 e. The Bertz CT molecular complexity index is 855. The van der Waals surface area contributed by atoms with Gasteiger partial charge < -0.3 is 14.9 Å². The van der Waals surface area contributed by atoms with Gasteiger partial charge in [-0.2, -0.15) is 0 Å². The number of hydrogen-bond donors (Lipinski definition) is 2. The number of phenols is 1. The summed E-state index contributed by atoms with van der Waals surface area (Å²) < 4.78 is 6.39. The lowest BCUT2D eigenvalue weighted by atomic mass is 9.85. The van der Waals surface area contributed by atoms with E-state index in [4.69, 9.17) is 4.74 Å². The lowest BCUT2D eigenvalue weighted by Gasteiger charge is -2.39. The van der Waals surface area contributed by atoms with Gasteiger partial charge in [-0.3, -0.25) is 0 Å². The molecule has 0 saturated carbocycles. The second-order valence-electron chi connectivity index (χ2n) is 9.83. The molecule has 0 spiro atoms. The third kappa shape index (κ3) is 7.28. The van der Waals surface area contributed by atoms with Crippen molar-refractivity contribution in [3.8, 4) is 11.5 Å². The monoisotopic (exact) mass is 426 g/mol. The lowest BCUT2D eigenvalue weighted by Crippen LogP contribution is -2.38. The van der Waals surface area contributed by atoms with Crippen LogP contribution in [0.25, 0.3) is 0 Å². The molecule has 1 aromatic rings. The van der Waals surface area contributed by atoms with E-state index in [1.165, 1.54) is 16.7 Å². The van der Waals surface area contributed by atoms with Crippen LogP contribution >= 0.6 is 0 Å². The van der Waals surface area contributed by atoms with Gasteiger partial charge in [-0.1, -0.05) is 34.9 Å². The molecular weight excluding hydrogens is 384 g/mol. The summed E-state index contributed by atoms with van der Waals surface area (Å²) in [5, 5.41) is 20.8. The molecule has 0 saturated heterocycles. The average molecular weight is 427 g/mol. The zero-order valence-corrected chi connectivity index (χ0v) is 20.6. The number of aliphatic hydroxyl groups is 1. The third-order valence-corrected chi connectivity index (χ3v) is 6.46. The molecule has 2 rings (SSSR count). The van der Waals surface area contributed by atoms with E-state index >= 15 is 0 Å². The zero-order chi connectivity index (χ0) is 23.2. The number of benzene rings is 1. The topological polar surface area (TPSA) is 49.7 Å². The van der Waals surface area contributed by atoms with Crippen LogP contribution in [0.4, 0.5) is 0 Å². The summed E-state index contributed by atoms with van der Waals surface area (Å²) in [6.45, 7) is 14.7. The van der Waals surface area contributed by atoms with Crippen LogP contribution in [0.5, 0.6) is 11.5 Å². The summed E-state index contributed by atoms with van der Waals surface area (Å²) in [6, 6.07) is 1.65. The number of rotatable bonds is 9. The Kier molecular flexibility index (Phi) is 9.00. The van der Waals surface area contributed by atoms with Gasteiger partial charge in [0.15, 0.2) is 0 Å². The molecule has 2 unspecified atom stereocenters. The van der Waals surface area contributed by atoms with Gasteiger partial charge in [-0.25, -0.2) is 0 Å². The second-order valence-corrected chi connectivity index (χ2v) is 9.83. The number of aromatic hydroxyl groups is 1.